The summed E-state index contributed by atoms with van der Waals surface area (Å²) in [7, 11) is 1.79. The van der Waals surface area contributed by atoms with Crippen molar-refractivity contribution in [2.75, 3.05) is 25.4 Å². The maximum absolute atomic E-state index is 12.9. The van der Waals surface area contributed by atoms with Crippen LogP contribution < -0.4 is 9.46 Å². The molecule has 188 valence electrons. The molecule has 4 rings (SSSR count). The van der Waals surface area contributed by atoms with Crippen LogP contribution in [0.4, 0.5) is 5.95 Å². The van der Waals surface area contributed by atoms with Crippen LogP contribution in [0.2, 0.25) is 0 Å². The molecule has 0 bridgehead atoms. The number of aromatic nitrogens is 4. The minimum Gasteiger partial charge on any atom is -0.439 e. The van der Waals surface area contributed by atoms with E-state index in [9.17, 15) is 8.42 Å². The van der Waals surface area contributed by atoms with Crippen molar-refractivity contribution in [3.63, 3.8) is 0 Å². The van der Waals surface area contributed by atoms with Crippen LogP contribution in [0.5, 0.6) is 11.6 Å². The van der Waals surface area contributed by atoms with Crippen LogP contribution in [-0.4, -0.2) is 53.7 Å². The Bertz CT molecular complexity index is 1440. The number of aryl methyl sites for hydroxylation is 3. The molecule has 0 aliphatic heterocycles. The SMILES string of the molecule is Cc1cccc(C)c1-c1cc(Oc2ccc(CCN(C)C)cc2)nc(NS(=O)(=O)c2cnn(C)c2)n1. The third-order valence-electron chi connectivity index (χ3n) is 5.65. The first-order valence-corrected chi connectivity index (χ1v) is 13.0. The fraction of sp³-hybridized carbons (Fsp3) is 0.269. The second kappa shape index (κ2) is 10.5. The van der Waals surface area contributed by atoms with E-state index in [1.807, 2.05) is 70.4 Å². The summed E-state index contributed by atoms with van der Waals surface area (Å²) >= 11 is 0. The molecule has 0 atom stereocenters. The first-order chi connectivity index (χ1) is 17.1. The third kappa shape index (κ3) is 6.07. The topological polar surface area (TPSA) is 102 Å². The number of ether oxygens (including phenoxy) is 1. The molecule has 10 heteroatoms. The minimum absolute atomic E-state index is 0.0156. The van der Waals surface area contributed by atoms with Crippen LogP contribution in [0.3, 0.4) is 0 Å². The Morgan fingerprint density at radius 3 is 2.33 bits per heavy atom. The van der Waals surface area contributed by atoms with E-state index < -0.39 is 10.0 Å². The molecule has 0 radical (unpaired) electrons. The second-order valence-electron chi connectivity index (χ2n) is 8.94. The molecule has 0 amide bonds. The van der Waals surface area contributed by atoms with Crippen molar-refractivity contribution < 1.29 is 13.2 Å². The predicted molar refractivity (Wildman–Crippen MR) is 140 cm³/mol. The lowest BCUT2D eigenvalue weighted by molar-refractivity contribution is 0.413. The Hall–Kier alpha value is -3.76. The average molecular weight is 507 g/mol. The Kier molecular flexibility index (Phi) is 7.37. The molecular weight excluding hydrogens is 476 g/mol. The molecule has 0 aliphatic carbocycles. The number of rotatable bonds is 9. The normalized spacial score (nSPS) is 11.6. The minimum atomic E-state index is -3.94. The Labute approximate surface area is 211 Å². The number of sulfonamides is 1. The molecule has 0 fully saturated rings. The zero-order chi connectivity index (χ0) is 25.9. The Morgan fingerprint density at radius 2 is 1.72 bits per heavy atom. The largest absolute Gasteiger partial charge is 0.439 e. The lowest BCUT2D eigenvalue weighted by Crippen LogP contribution is -2.15. The molecule has 1 N–H and O–H groups in total. The fourth-order valence-corrected chi connectivity index (χ4v) is 4.71. The molecule has 0 unspecified atom stereocenters. The highest BCUT2D eigenvalue weighted by atomic mass is 32.2. The van der Waals surface area contributed by atoms with Crippen LogP contribution in [0.25, 0.3) is 11.3 Å². The van der Waals surface area contributed by atoms with E-state index in [1.54, 1.807) is 13.1 Å². The molecular formula is C26H30N6O3S. The smallest absolute Gasteiger partial charge is 0.267 e. The predicted octanol–water partition coefficient (Wildman–Crippen LogP) is 4.19. The Balaban J connectivity index is 1.69. The van der Waals surface area contributed by atoms with Crippen molar-refractivity contribution in [1.29, 1.82) is 0 Å². The van der Waals surface area contributed by atoms with Crippen molar-refractivity contribution >= 4 is 16.0 Å². The van der Waals surface area contributed by atoms with Crippen LogP contribution in [0.15, 0.2) is 65.8 Å². The number of likely N-dealkylation sites (N-methyl/N-ethyl adjacent to an activating group) is 1. The lowest BCUT2D eigenvalue weighted by Gasteiger charge is -2.14. The number of anilines is 1. The monoisotopic (exact) mass is 506 g/mol. The number of nitrogens with one attached hydrogen (secondary N) is 1. The van der Waals surface area contributed by atoms with Gasteiger partial charge >= 0.3 is 0 Å². The number of hydrogen-bond donors (Lipinski definition) is 1. The van der Waals surface area contributed by atoms with Gasteiger partial charge in [0.15, 0.2) is 0 Å². The summed E-state index contributed by atoms with van der Waals surface area (Å²) in [4.78, 5) is 11.0. The maximum Gasteiger partial charge on any atom is 0.267 e. The summed E-state index contributed by atoms with van der Waals surface area (Å²) in [5.74, 6) is 0.736. The highest BCUT2D eigenvalue weighted by Crippen LogP contribution is 2.31. The first-order valence-electron chi connectivity index (χ1n) is 11.5. The van der Waals surface area contributed by atoms with Crippen molar-refractivity contribution in [3.05, 3.63) is 77.6 Å². The van der Waals surface area contributed by atoms with Gasteiger partial charge < -0.3 is 9.64 Å². The van der Waals surface area contributed by atoms with E-state index >= 15 is 0 Å². The van der Waals surface area contributed by atoms with Gasteiger partial charge in [0.1, 0.15) is 10.6 Å². The van der Waals surface area contributed by atoms with E-state index in [-0.39, 0.29) is 16.7 Å². The van der Waals surface area contributed by atoms with Gasteiger partial charge in [-0.2, -0.15) is 10.1 Å². The van der Waals surface area contributed by atoms with E-state index in [0.29, 0.717) is 11.4 Å². The van der Waals surface area contributed by atoms with Crippen molar-refractivity contribution in [3.8, 4) is 22.9 Å². The average Bonchev–Trinajstić information content (AvgIpc) is 3.25. The summed E-state index contributed by atoms with van der Waals surface area (Å²) in [6, 6.07) is 15.4. The van der Waals surface area contributed by atoms with Gasteiger partial charge in [-0.25, -0.2) is 18.1 Å². The van der Waals surface area contributed by atoms with E-state index in [1.165, 1.54) is 22.6 Å². The fourth-order valence-electron chi connectivity index (χ4n) is 3.78. The summed E-state index contributed by atoms with van der Waals surface area (Å²) < 4.78 is 35.8. The zero-order valence-corrected chi connectivity index (χ0v) is 21.9. The molecule has 2 aromatic carbocycles. The molecule has 2 aromatic heterocycles. The van der Waals surface area contributed by atoms with Gasteiger partial charge in [0.05, 0.1) is 11.9 Å². The van der Waals surface area contributed by atoms with Gasteiger partial charge in [-0.1, -0.05) is 30.3 Å². The van der Waals surface area contributed by atoms with E-state index in [4.69, 9.17) is 4.74 Å². The van der Waals surface area contributed by atoms with Gasteiger partial charge in [0.25, 0.3) is 10.0 Å². The number of nitrogens with zero attached hydrogens (tertiary/aromatic N) is 5. The van der Waals surface area contributed by atoms with Gasteiger partial charge in [-0.15, -0.1) is 0 Å². The molecule has 9 nitrogen and oxygen atoms in total. The summed E-state index contributed by atoms with van der Waals surface area (Å²) in [6.07, 6.45) is 3.61. The summed E-state index contributed by atoms with van der Waals surface area (Å²) in [5.41, 5.74) is 4.66. The highest BCUT2D eigenvalue weighted by Gasteiger charge is 2.20. The molecule has 2 heterocycles. The molecule has 0 saturated carbocycles. The third-order valence-corrected chi connectivity index (χ3v) is 6.93. The Morgan fingerprint density at radius 1 is 1.03 bits per heavy atom. The molecule has 4 aromatic rings. The van der Waals surface area contributed by atoms with Crippen LogP contribution in [-0.2, 0) is 23.5 Å². The maximum atomic E-state index is 12.9. The van der Waals surface area contributed by atoms with Gasteiger partial charge in [0.2, 0.25) is 11.8 Å². The second-order valence-corrected chi connectivity index (χ2v) is 10.6. The number of hydrogen-bond acceptors (Lipinski definition) is 7. The summed E-state index contributed by atoms with van der Waals surface area (Å²) in [6.45, 7) is 4.92. The van der Waals surface area contributed by atoms with Gasteiger partial charge in [0, 0.05) is 31.4 Å². The molecule has 0 saturated heterocycles. The van der Waals surface area contributed by atoms with Crippen molar-refractivity contribution in [2.45, 2.75) is 25.2 Å². The van der Waals surface area contributed by atoms with Gasteiger partial charge in [-0.3, -0.25) is 4.68 Å². The van der Waals surface area contributed by atoms with E-state index in [2.05, 4.69) is 24.7 Å². The van der Waals surface area contributed by atoms with E-state index in [0.717, 1.165) is 29.7 Å². The molecule has 36 heavy (non-hydrogen) atoms. The van der Waals surface area contributed by atoms with Crippen molar-refractivity contribution in [1.82, 2.24) is 24.6 Å². The number of benzene rings is 2. The first kappa shape index (κ1) is 25.3. The standard InChI is InChI=1S/C26H30N6O3S/c1-18-7-6-8-19(2)25(18)23-15-24(35-21-11-9-20(10-12-21)13-14-31(3)4)29-26(28-23)30-36(33,34)22-16-27-32(5)17-22/h6-12,15-17H,13-14H2,1-5H3,(H,28,29,30). The summed E-state index contributed by atoms with van der Waals surface area (Å²) in [5, 5.41) is 3.95. The molecule has 0 spiro atoms. The van der Waals surface area contributed by atoms with Crippen molar-refractivity contribution in [2.24, 2.45) is 7.05 Å². The van der Waals surface area contributed by atoms with Crippen LogP contribution in [0.1, 0.15) is 16.7 Å². The van der Waals surface area contributed by atoms with Crippen LogP contribution in [0, 0.1) is 13.8 Å². The quantitative estimate of drug-likeness (QED) is 0.363. The van der Waals surface area contributed by atoms with Gasteiger partial charge in [-0.05, 0) is 63.2 Å². The van der Waals surface area contributed by atoms with Crippen LogP contribution >= 0.6 is 0 Å². The lowest BCUT2D eigenvalue weighted by atomic mass is 10.00. The zero-order valence-electron chi connectivity index (χ0n) is 21.1. The highest BCUT2D eigenvalue weighted by molar-refractivity contribution is 7.92. The molecule has 0 aliphatic rings.